The van der Waals surface area contributed by atoms with Crippen molar-refractivity contribution in [2.45, 2.75) is 6.92 Å². The fraction of sp³-hybridized carbons (Fsp3) is 0.100. The van der Waals surface area contributed by atoms with Gasteiger partial charge in [-0.3, -0.25) is 0 Å². The van der Waals surface area contributed by atoms with Crippen molar-refractivity contribution in [1.29, 1.82) is 0 Å². The van der Waals surface area contributed by atoms with Crippen LogP contribution in [0.1, 0.15) is 17.3 Å². The maximum absolute atomic E-state index is 11.5. The summed E-state index contributed by atoms with van der Waals surface area (Å²) >= 11 is -5.48. The molecule has 0 bridgehead atoms. The van der Waals surface area contributed by atoms with Crippen LogP contribution in [0.25, 0.3) is 0 Å². The first-order valence-electron chi connectivity index (χ1n) is 4.28. The average Bonchev–Trinajstić information content (AvgIpc) is 2.34. The fourth-order valence-corrected chi connectivity index (χ4v) is 6.53. The molecule has 1 N–H and O–H groups in total. The maximum atomic E-state index is 11.5. The van der Waals surface area contributed by atoms with Crippen molar-refractivity contribution in [3.05, 3.63) is 38.3 Å². The molecule has 2 radical (unpaired) electrons. The Hall–Kier alpha value is -1.15. The van der Waals surface area contributed by atoms with Crippen LogP contribution in [-0.2, 0) is 10.9 Å². The predicted octanol–water partition coefficient (Wildman–Crippen LogP) is 1.57. The van der Waals surface area contributed by atoms with Crippen LogP contribution in [0, 0.1) is 8.50 Å². The molecule has 1 aromatic rings. The summed E-state index contributed by atoms with van der Waals surface area (Å²) in [5.74, 6) is -1.56. The van der Waals surface area contributed by atoms with Crippen molar-refractivity contribution < 1.29 is 19.2 Å². The normalized spacial score (nSPS) is 22.4. The molecule has 0 fully saturated rings. The standard InChI is InChI=1S/C10H9IO5/c1-7(12)15-11(2,14)9-6-4-3-5-8(9)10(13)16-11/h2-6,14H,1H3. The number of carbonyl (C=O) groups is 2. The molecule has 0 saturated carbocycles. The molecule has 5 nitrogen and oxygen atoms in total. The monoisotopic (exact) mass is 336 g/mol. The first-order chi connectivity index (χ1) is 7.32. The van der Waals surface area contributed by atoms with Crippen LogP contribution in [0.4, 0.5) is 0 Å². The third kappa shape index (κ3) is 1.57. The average molecular weight is 336 g/mol. The van der Waals surface area contributed by atoms with E-state index in [0.717, 1.165) is 6.92 Å². The van der Waals surface area contributed by atoms with E-state index in [9.17, 15) is 13.0 Å². The van der Waals surface area contributed by atoms with Gasteiger partial charge in [0.1, 0.15) is 0 Å². The number of fused-ring (bicyclic) bond motifs is 1. The molecule has 0 unspecified atom stereocenters. The van der Waals surface area contributed by atoms with Gasteiger partial charge in [0.15, 0.2) is 0 Å². The van der Waals surface area contributed by atoms with Crippen molar-refractivity contribution in [1.82, 2.24) is 0 Å². The summed E-state index contributed by atoms with van der Waals surface area (Å²) in [6.07, 6.45) is 0. The third-order valence-corrected chi connectivity index (χ3v) is 7.75. The summed E-state index contributed by atoms with van der Waals surface area (Å²) < 4.78 is 19.8. The molecule has 0 amide bonds. The number of benzene rings is 1. The zero-order valence-electron chi connectivity index (χ0n) is 8.34. The molecule has 0 atom stereocenters. The zero-order chi connectivity index (χ0) is 12.0. The van der Waals surface area contributed by atoms with Crippen LogP contribution < -0.4 is 0 Å². The number of carbonyl (C=O) groups excluding carboxylic acids is 2. The second-order valence-electron chi connectivity index (χ2n) is 3.24. The Bertz CT molecular complexity index is 488. The van der Waals surface area contributed by atoms with Crippen molar-refractivity contribution in [3.8, 4) is 0 Å². The van der Waals surface area contributed by atoms with E-state index >= 15 is 0 Å². The van der Waals surface area contributed by atoms with E-state index < -0.39 is 30.2 Å². The van der Waals surface area contributed by atoms with Gasteiger partial charge in [0.05, 0.1) is 0 Å². The number of halogens is 1. The van der Waals surface area contributed by atoms with Crippen LogP contribution >= 0.6 is 18.3 Å². The van der Waals surface area contributed by atoms with Crippen molar-refractivity contribution in [2.75, 3.05) is 0 Å². The molecule has 1 aromatic carbocycles. The van der Waals surface area contributed by atoms with E-state index in [4.69, 9.17) is 11.1 Å². The van der Waals surface area contributed by atoms with E-state index in [1.807, 2.05) is 0 Å². The number of rotatable bonds is 1. The van der Waals surface area contributed by atoms with E-state index in [2.05, 4.69) is 0 Å². The summed E-state index contributed by atoms with van der Waals surface area (Å²) in [4.78, 5) is 28.0. The van der Waals surface area contributed by atoms with Crippen molar-refractivity contribution in [2.24, 2.45) is 0 Å². The van der Waals surface area contributed by atoms with Gasteiger partial charge in [0, 0.05) is 0 Å². The van der Waals surface area contributed by atoms with Gasteiger partial charge < -0.3 is 0 Å². The molecule has 0 saturated heterocycles. The predicted molar refractivity (Wildman–Crippen MR) is 62.9 cm³/mol. The van der Waals surface area contributed by atoms with Gasteiger partial charge in [-0.05, 0) is 0 Å². The minimum absolute atomic E-state index is 0.0909. The summed E-state index contributed by atoms with van der Waals surface area (Å²) in [7, 11) is 0. The van der Waals surface area contributed by atoms with Gasteiger partial charge in [-0.25, -0.2) is 0 Å². The Morgan fingerprint density at radius 2 is 2.12 bits per heavy atom. The van der Waals surface area contributed by atoms with Gasteiger partial charge in [-0.2, -0.15) is 0 Å². The van der Waals surface area contributed by atoms with E-state index in [1.165, 1.54) is 12.1 Å². The molecule has 2 rings (SSSR count). The summed E-state index contributed by atoms with van der Waals surface area (Å²) in [6.45, 7) is 1.09. The first-order valence-corrected chi connectivity index (χ1v) is 9.33. The van der Waals surface area contributed by atoms with Crippen LogP contribution in [0.3, 0.4) is 0 Å². The van der Waals surface area contributed by atoms with Crippen LogP contribution in [-0.4, -0.2) is 15.4 Å². The SMILES string of the molecule is [CH]I1(O)(OC(C)=O)OC(=O)c2ccccc21. The molecular weight excluding hydrogens is 327 g/mol. The second kappa shape index (κ2) is 3.17. The first kappa shape index (κ1) is 11.3. The van der Waals surface area contributed by atoms with Crippen LogP contribution in [0.15, 0.2) is 24.3 Å². The van der Waals surface area contributed by atoms with E-state index in [0.29, 0.717) is 0 Å². The quantitative estimate of drug-likeness (QED) is 0.789. The van der Waals surface area contributed by atoms with Gasteiger partial charge in [0.25, 0.3) is 0 Å². The second-order valence-corrected chi connectivity index (χ2v) is 9.99. The number of hydrogen-bond acceptors (Lipinski definition) is 5. The summed E-state index contributed by atoms with van der Waals surface area (Å²) in [6, 6.07) is 6.07. The van der Waals surface area contributed by atoms with Crippen LogP contribution in [0.5, 0.6) is 0 Å². The van der Waals surface area contributed by atoms with Gasteiger partial charge >= 0.3 is 94.6 Å². The zero-order valence-corrected chi connectivity index (χ0v) is 10.5. The molecule has 1 aliphatic rings. The van der Waals surface area contributed by atoms with Crippen LogP contribution in [0.2, 0.25) is 0 Å². The molecule has 0 aromatic heterocycles. The molecule has 86 valence electrons. The van der Waals surface area contributed by atoms with Gasteiger partial charge in [0.2, 0.25) is 0 Å². The molecule has 6 heteroatoms. The number of hydrogen-bond donors (Lipinski definition) is 1. The van der Waals surface area contributed by atoms with E-state index in [-0.39, 0.29) is 9.13 Å². The van der Waals surface area contributed by atoms with Crippen molar-refractivity contribution >= 4 is 30.2 Å². The van der Waals surface area contributed by atoms with Crippen molar-refractivity contribution in [3.63, 3.8) is 0 Å². The topological polar surface area (TPSA) is 72.8 Å². The molecular formula is C10H9IO5. The molecule has 0 spiro atoms. The third-order valence-electron chi connectivity index (χ3n) is 1.95. The minimum atomic E-state index is -5.48. The Morgan fingerprint density at radius 3 is 2.75 bits per heavy atom. The Kier molecular flexibility index (Phi) is 2.25. The molecule has 1 aliphatic heterocycles. The molecule has 0 aliphatic carbocycles. The van der Waals surface area contributed by atoms with Gasteiger partial charge in [-0.1, -0.05) is 0 Å². The Morgan fingerprint density at radius 1 is 1.50 bits per heavy atom. The molecule has 16 heavy (non-hydrogen) atoms. The summed E-state index contributed by atoms with van der Waals surface area (Å²) in [5.41, 5.74) is 0.142. The van der Waals surface area contributed by atoms with E-state index in [1.54, 1.807) is 12.1 Å². The fourth-order valence-electron chi connectivity index (χ4n) is 1.42. The Labute approximate surface area is 94.6 Å². The molecule has 1 heterocycles. The van der Waals surface area contributed by atoms with Gasteiger partial charge in [-0.15, -0.1) is 0 Å². The Balaban J connectivity index is 2.62. The summed E-state index contributed by atoms with van der Waals surface area (Å²) in [5, 5.41) is 0.